The molecule has 4 nitrogen and oxygen atoms in total. The predicted octanol–water partition coefficient (Wildman–Crippen LogP) is 3.35. The maximum atomic E-state index is 11.6. The summed E-state index contributed by atoms with van der Waals surface area (Å²) in [6, 6.07) is 13.1. The molecule has 0 amide bonds. The number of esters is 1. The fourth-order valence-electron chi connectivity index (χ4n) is 2.48. The van der Waals surface area contributed by atoms with Gasteiger partial charge in [0.15, 0.2) is 0 Å². The molecule has 0 radical (unpaired) electrons. The molecule has 1 heterocycles. The summed E-state index contributed by atoms with van der Waals surface area (Å²) in [7, 11) is 1.37. The van der Waals surface area contributed by atoms with Crippen molar-refractivity contribution in [3.63, 3.8) is 0 Å². The van der Waals surface area contributed by atoms with E-state index in [1.807, 2.05) is 30.3 Å². The van der Waals surface area contributed by atoms with E-state index < -0.39 is 0 Å². The molecule has 1 N–H and O–H groups in total. The van der Waals surface area contributed by atoms with Gasteiger partial charge < -0.3 is 14.8 Å². The molecule has 2 aromatic rings. The van der Waals surface area contributed by atoms with Gasteiger partial charge in [0.05, 0.1) is 18.7 Å². The van der Waals surface area contributed by atoms with Crippen LogP contribution < -0.4 is 10.1 Å². The molecule has 22 heavy (non-hydrogen) atoms. The Hall–Kier alpha value is -2.04. The summed E-state index contributed by atoms with van der Waals surface area (Å²) in [6.45, 7) is 1.13. The molecule has 3 rings (SSSR count). The fraction of sp³-hybridized carbons (Fsp3) is 0.235. The zero-order valence-corrected chi connectivity index (χ0v) is 12.9. The van der Waals surface area contributed by atoms with E-state index in [1.165, 1.54) is 7.11 Å². The van der Waals surface area contributed by atoms with Crippen molar-refractivity contribution in [2.75, 3.05) is 13.7 Å². The molecule has 114 valence electrons. The number of ether oxygens (including phenoxy) is 2. The monoisotopic (exact) mass is 317 g/mol. The van der Waals surface area contributed by atoms with Crippen molar-refractivity contribution in [1.82, 2.24) is 5.32 Å². The summed E-state index contributed by atoms with van der Waals surface area (Å²) in [5.41, 5.74) is 2.58. The number of methoxy groups -OCH3 is 1. The van der Waals surface area contributed by atoms with Crippen LogP contribution in [0.15, 0.2) is 42.5 Å². The van der Waals surface area contributed by atoms with Crippen LogP contribution in [0.1, 0.15) is 27.5 Å². The van der Waals surface area contributed by atoms with Gasteiger partial charge in [0, 0.05) is 17.1 Å². The SMILES string of the molecule is COC(=O)c1ccc2c(c1)OC[C@H](c1cccc(Cl)c1)NC2. The van der Waals surface area contributed by atoms with E-state index in [0.29, 0.717) is 29.5 Å². The molecule has 0 fully saturated rings. The zero-order chi connectivity index (χ0) is 15.5. The Labute approximate surface area is 134 Å². The van der Waals surface area contributed by atoms with Crippen molar-refractivity contribution in [2.24, 2.45) is 0 Å². The molecule has 1 atom stereocenters. The first-order valence-electron chi connectivity index (χ1n) is 7.00. The molecule has 2 aromatic carbocycles. The summed E-state index contributed by atoms with van der Waals surface area (Å²) in [5, 5.41) is 4.15. The largest absolute Gasteiger partial charge is 0.491 e. The molecule has 0 saturated heterocycles. The normalized spacial score (nSPS) is 17.1. The number of fused-ring (bicyclic) bond motifs is 1. The van der Waals surface area contributed by atoms with E-state index in [1.54, 1.807) is 12.1 Å². The summed E-state index contributed by atoms with van der Waals surface area (Å²) < 4.78 is 10.6. The second-order valence-corrected chi connectivity index (χ2v) is 5.55. The lowest BCUT2D eigenvalue weighted by molar-refractivity contribution is 0.0600. The molecule has 0 aromatic heterocycles. The first kappa shape index (κ1) is 14.9. The number of carbonyl (C=O) groups excluding carboxylic acids is 1. The van der Waals surface area contributed by atoms with Gasteiger partial charge in [-0.2, -0.15) is 0 Å². The summed E-state index contributed by atoms with van der Waals surface area (Å²) >= 11 is 6.05. The van der Waals surface area contributed by atoms with Crippen LogP contribution in [0.3, 0.4) is 0 Å². The number of carbonyl (C=O) groups is 1. The predicted molar refractivity (Wildman–Crippen MR) is 84.3 cm³/mol. The third-order valence-corrected chi connectivity index (χ3v) is 3.92. The second-order valence-electron chi connectivity index (χ2n) is 5.11. The Morgan fingerprint density at radius 1 is 1.32 bits per heavy atom. The highest BCUT2D eigenvalue weighted by molar-refractivity contribution is 6.30. The van der Waals surface area contributed by atoms with Crippen LogP contribution >= 0.6 is 11.6 Å². The van der Waals surface area contributed by atoms with Crippen LogP contribution in [0.5, 0.6) is 5.75 Å². The van der Waals surface area contributed by atoms with Gasteiger partial charge >= 0.3 is 5.97 Å². The molecule has 1 aliphatic heterocycles. The first-order chi connectivity index (χ1) is 10.7. The lowest BCUT2D eigenvalue weighted by atomic mass is 10.1. The van der Waals surface area contributed by atoms with E-state index in [2.05, 4.69) is 5.32 Å². The Morgan fingerprint density at radius 3 is 2.95 bits per heavy atom. The highest BCUT2D eigenvalue weighted by Crippen LogP contribution is 2.27. The number of nitrogens with one attached hydrogen (secondary N) is 1. The van der Waals surface area contributed by atoms with Crippen LogP contribution in [0, 0.1) is 0 Å². The van der Waals surface area contributed by atoms with E-state index in [4.69, 9.17) is 21.1 Å². The maximum Gasteiger partial charge on any atom is 0.337 e. The molecular formula is C17H16ClNO3. The van der Waals surface area contributed by atoms with Crippen molar-refractivity contribution in [3.8, 4) is 5.75 Å². The summed E-state index contributed by atoms with van der Waals surface area (Å²) in [6.07, 6.45) is 0. The lowest BCUT2D eigenvalue weighted by Gasteiger charge is -2.16. The van der Waals surface area contributed by atoms with Crippen molar-refractivity contribution < 1.29 is 14.3 Å². The number of hydrogen-bond donors (Lipinski definition) is 1. The third-order valence-electron chi connectivity index (χ3n) is 3.68. The highest BCUT2D eigenvalue weighted by atomic mass is 35.5. The van der Waals surface area contributed by atoms with Crippen LogP contribution in [0.2, 0.25) is 5.02 Å². The van der Waals surface area contributed by atoms with E-state index in [-0.39, 0.29) is 12.0 Å². The molecule has 0 bridgehead atoms. The number of halogens is 1. The number of benzene rings is 2. The van der Waals surface area contributed by atoms with Gasteiger partial charge in [0.2, 0.25) is 0 Å². The van der Waals surface area contributed by atoms with E-state index >= 15 is 0 Å². The van der Waals surface area contributed by atoms with E-state index in [9.17, 15) is 4.79 Å². The van der Waals surface area contributed by atoms with Crippen molar-refractivity contribution >= 4 is 17.6 Å². The quantitative estimate of drug-likeness (QED) is 0.863. The average molecular weight is 318 g/mol. The molecular weight excluding hydrogens is 302 g/mol. The highest BCUT2D eigenvalue weighted by Gasteiger charge is 2.19. The maximum absolute atomic E-state index is 11.6. The Bertz CT molecular complexity index is 702. The topological polar surface area (TPSA) is 47.6 Å². The molecule has 5 heteroatoms. The van der Waals surface area contributed by atoms with Gasteiger partial charge in [-0.3, -0.25) is 0 Å². The number of rotatable bonds is 2. The molecule has 1 aliphatic rings. The van der Waals surface area contributed by atoms with Gasteiger partial charge in [0.1, 0.15) is 12.4 Å². The van der Waals surface area contributed by atoms with Gasteiger partial charge in [0.25, 0.3) is 0 Å². The minimum Gasteiger partial charge on any atom is -0.491 e. The van der Waals surface area contributed by atoms with Crippen LogP contribution in [-0.2, 0) is 11.3 Å². The minimum atomic E-state index is -0.366. The molecule has 0 unspecified atom stereocenters. The molecule has 0 aliphatic carbocycles. The first-order valence-corrected chi connectivity index (χ1v) is 7.38. The number of hydrogen-bond acceptors (Lipinski definition) is 4. The summed E-state index contributed by atoms with van der Waals surface area (Å²) in [4.78, 5) is 11.6. The summed E-state index contributed by atoms with van der Waals surface area (Å²) in [5.74, 6) is 0.343. The van der Waals surface area contributed by atoms with Gasteiger partial charge in [-0.1, -0.05) is 29.8 Å². The smallest absolute Gasteiger partial charge is 0.337 e. The third kappa shape index (κ3) is 3.08. The standard InChI is InChI=1S/C17H16ClNO3/c1-21-17(20)12-5-6-13-9-19-15(10-22-16(13)8-12)11-3-2-4-14(18)7-11/h2-8,15,19H,9-10H2,1H3/t15-/m1/s1. The van der Waals surface area contributed by atoms with Crippen LogP contribution in [0.4, 0.5) is 0 Å². The van der Waals surface area contributed by atoms with Crippen LogP contribution in [0.25, 0.3) is 0 Å². The van der Waals surface area contributed by atoms with E-state index in [0.717, 1.165) is 11.1 Å². The van der Waals surface area contributed by atoms with Gasteiger partial charge in [-0.05, 0) is 29.8 Å². The Morgan fingerprint density at radius 2 is 2.18 bits per heavy atom. The zero-order valence-electron chi connectivity index (χ0n) is 12.1. The Balaban J connectivity index is 1.82. The van der Waals surface area contributed by atoms with Gasteiger partial charge in [-0.25, -0.2) is 4.79 Å². The van der Waals surface area contributed by atoms with Crippen molar-refractivity contribution in [3.05, 3.63) is 64.2 Å². The average Bonchev–Trinajstić information content (AvgIpc) is 2.76. The Kier molecular flexibility index (Phi) is 4.32. The fourth-order valence-corrected chi connectivity index (χ4v) is 2.68. The molecule has 0 saturated carbocycles. The lowest BCUT2D eigenvalue weighted by Crippen LogP contribution is -2.23. The van der Waals surface area contributed by atoms with Crippen molar-refractivity contribution in [1.29, 1.82) is 0 Å². The van der Waals surface area contributed by atoms with Crippen molar-refractivity contribution in [2.45, 2.75) is 12.6 Å². The van der Waals surface area contributed by atoms with Gasteiger partial charge in [-0.15, -0.1) is 0 Å². The minimum absolute atomic E-state index is 0.0488. The molecule has 0 spiro atoms. The van der Waals surface area contributed by atoms with Crippen LogP contribution in [-0.4, -0.2) is 19.7 Å². The second kappa shape index (κ2) is 6.38.